The molecule has 1 aromatic heterocycles. The van der Waals surface area contributed by atoms with Gasteiger partial charge in [0.1, 0.15) is 5.02 Å². The molecular formula is C11H21ClN2O2. The minimum absolute atomic E-state index is 0.0273. The van der Waals surface area contributed by atoms with Crippen LogP contribution in [0.15, 0.2) is 11.0 Å². The summed E-state index contributed by atoms with van der Waals surface area (Å²) in [7, 11) is 0. The third-order valence-electron chi connectivity index (χ3n) is 1.09. The number of aromatic amines is 1. The van der Waals surface area contributed by atoms with Gasteiger partial charge in [-0.15, -0.1) is 0 Å². The number of ether oxygens (including phenoxy) is 1. The van der Waals surface area contributed by atoms with Crippen molar-refractivity contribution in [3.63, 3.8) is 0 Å². The summed E-state index contributed by atoms with van der Waals surface area (Å²) in [5.41, 5.74) is -0.463. The van der Waals surface area contributed by atoms with Crippen molar-refractivity contribution < 1.29 is 4.74 Å². The van der Waals surface area contributed by atoms with Crippen LogP contribution in [0.5, 0.6) is 5.88 Å². The number of rotatable bonds is 2. The quantitative estimate of drug-likeness (QED) is 0.874. The summed E-state index contributed by atoms with van der Waals surface area (Å²) in [5.74, 6) is 0.270. The van der Waals surface area contributed by atoms with E-state index in [1.165, 1.54) is 6.20 Å². The fraction of sp³-hybridized carbons (Fsp3) is 0.636. The molecule has 5 heteroatoms. The average molecular weight is 249 g/mol. The van der Waals surface area contributed by atoms with Crippen molar-refractivity contribution in [1.82, 2.24) is 9.97 Å². The molecule has 1 N–H and O–H groups in total. The molecule has 0 saturated carbocycles. The third kappa shape index (κ3) is 7.29. The number of hydrogen-bond donors (Lipinski definition) is 1. The van der Waals surface area contributed by atoms with Crippen LogP contribution in [0.2, 0.25) is 5.02 Å². The van der Waals surface area contributed by atoms with Gasteiger partial charge in [-0.1, -0.05) is 39.3 Å². The van der Waals surface area contributed by atoms with E-state index >= 15 is 0 Å². The zero-order valence-corrected chi connectivity index (χ0v) is 11.6. The Labute approximate surface area is 102 Å². The largest absolute Gasteiger partial charge is 0.475 e. The molecule has 0 fully saturated rings. The molecule has 0 spiro atoms. The van der Waals surface area contributed by atoms with Crippen molar-refractivity contribution in [2.24, 2.45) is 0 Å². The number of hydrogen-bond acceptors (Lipinski definition) is 3. The molecule has 4 nitrogen and oxygen atoms in total. The highest BCUT2D eigenvalue weighted by molar-refractivity contribution is 6.31. The van der Waals surface area contributed by atoms with Gasteiger partial charge in [0.15, 0.2) is 0 Å². The number of nitrogens with zero attached hydrogens (tertiary/aromatic N) is 1. The van der Waals surface area contributed by atoms with E-state index in [0.717, 1.165) is 0 Å². The molecule has 0 atom stereocenters. The maximum Gasteiger partial charge on any atom is 0.347 e. The lowest BCUT2D eigenvalue weighted by Crippen LogP contribution is -2.14. The van der Waals surface area contributed by atoms with E-state index in [2.05, 4.69) is 9.97 Å². The van der Waals surface area contributed by atoms with Gasteiger partial charge in [-0.2, -0.15) is 4.98 Å². The zero-order valence-electron chi connectivity index (χ0n) is 10.8. The van der Waals surface area contributed by atoms with Gasteiger partial charge >= 0.3 is 5.69 Å². The fourth-order valence-corrected chi connectivity index (χ4v) is 0.825. The van der Waals surface area contributed by atoms with Crippen LogP contribution in [-0.4, -0.2) is 16.1 Å². The van der Waals surface area contributed by atoms with Crippen LogP contribution in [0.25, 0.3) is 0 Å². The van der Waals surface area contributed by atoms with E-state index in [9.17, 15) is 4.79 Å². The van der Waals surface area contributed by atoms with Crippen LogP contribution in [0.3, 0.4) is 0 Å². The first-order chi connectivity index (χ1) is 7.59. The second-order valence-electron chi connectivity index (χ2n) is 2.53. The molecule has 0 aliphatic heterocycles. The predicted molar refractivity (Wildman–Crippen MR) is 68.3 cm³/mol. The Morgan fingerprint density at radius 2 is 1.81 bits per heavy atom. The van der Waals surface area contributed by atoms with Crippen LogP contribution in [0.4, 0.5) is 0 Å². The highest BCUT2D eigenvalue weighted by Crippen LogP contribution is 2.18. The Balaban J connectivity index is 0. The van der Waals surface area contributed by atoms with Gasteiger partial charge in [-0.05, 0) is 13.8 Å². The SMILES string of the molecule is CC.CC.CC(C)Oc1[nH]c(=O)ncc1Cl. The summed E-state index contributed by atoms with van der Waals surface area (Å²) < 4.78 is 5.20. The highest BCUT2D eigenvalue weighted by Gasteiger charge is 2.04. The van der Waals surface area contributed by atoms with Gasteiger partial charge in [-0.25, -0.2) is 4.79 Å². The second-order valence-corrected chi connectivity index (χ2v) is 2.94. The van der Waals surface area contributed by atoms with Crippen LogP contribution in [0.1, 0.15) is 41.5 Å². The lowest BCUT2D eigenvalue weighted by Gasteiger charge is -2.09. The third-order valence-corrected chi connectivity index (χ3v) is 1.36. The van der Waals surface area contributed by atoms with Gasteiger partial charge in [-0.3, -0.25) is 4.98 Å². The van der Waals surface area contributed by atoms with E-state index in [4.69, 9.17) is 16.3 Å². The molecule has 1 aromatic rings. The van der Waals surface area contributed by atoms with Gasteiger partial charge in [0.05, 0.1) is 12.3 Å². The van der Waals surface area contributed by atoms with Crippen LogP contribution >= 0.6 is 11.6 Å². The standard InChI is InChI=1S/C7H9ClN2O2.2C2H6/c1-4(2)12-6-5(8)3-9-7(11)10-6;2*1-2/h3-4H,1-2H3,(H,9,10,11);2*1-2H3. The van der Waals surface area contributed by atoms with Crippen molar-refractivity contribution in [3.8, 4) is 5.88 Å². The molecule has 1 heterocycles. The maximum absolute atomic E-state index is 10.7. The van der Waals surface area contributed by atoms with E-state index in [1.807, 2.05) is 41.5 Å². The fourth-order valence-electron chi connectivity index (χ4n) is 0.684. The lowest BCUT2D eigenvalue weighted by molar-refractivity contribution is 0.231. The smallest absolute Gasteiger partial charge is 0.347 e. The number of halogens is 1. The molecule has 0 radical (unpaired) electrons. The Morgan fingerprint density at radius 1 is 1.31 bits per heavy atom. The first-order valence-corrected chi connectivity index (χ1v) is 5.89. The summed E-state index contributed by atoms with van der Waals surface area (Å²) in [5, 5.41) is 0.309. The van der Waals surface area contributed by atoms with E-state index in [0.29, 0.717) is 5.02 Å². The Kier molecular flexibility index (Phi) is 11.4. The van der Waals surface area contributed by atoms with Crippen LogP contribution in [0, 0.1) is 0 Å². The molecule has 0 unspecified atom stereocenters. The number of H-pyrrole nitrogens is 1. The normalized spacial score (nSPS) is 8.50. The van der Waals surface area contributed by atoms with Gasteiger partial charge in [0.25, 0.3) is 0 Å². The van der Waals surface area contributed by atoms with E-state index in [1.54, 1.807) is 0 Å². The van der Waals surface area contributed by atoms with E-state index in [-0.39, 0.29) is 12.0 Å². The molecule has 94 valence electrons. The first kappa shape index (κ1) is 17.4. The number of nitrogens with one attached hydrogen (secondary N) is 1. The zero-order chi connectivity index (χ0) is 13.1. The van der Waals surface area contributed by atoms with Crippen LogP contribution in [-0.2, 0) is 0 Å². The monoisotopic (exact) mass is 248 g/mol. The van der Waals surface area contributed by atoms with Gasteiger partial charge in [0.2, 0.25) is 5.88 Å². The van der Waals surface area contributed by atoms with Crippen molar-refractivity contribution in [3.05, 3.63) is 21.7 Å². The highest BCUT2D eigenvalue weighted by atomic mass is 35.5. The maximum atomic E-state index is 10.7. The molecule has 1 rings (SSSR count). The first-order valence-electron chi connectivity index (χ1n) is 5.51. The van der Waals surface area contributed by atoms with Crippen LogP contribution < -0.4 is 10.4 Å². The van der Waals surface area contributed by atoms with Crippen molar-refractivity contribution in [1.29, 1.82) is 0 Å². The second kappa shape index (κ2) is 10.5. The minimum atomic E-state index is -0.463. The molecule has 0 saturated heterocycles. The summed E-state index contributed by atoms with van der Waals surface area (Å²) in [4.78, 5) is 16.5. The molecule has 0 aromatic carbocycles. The van der Waals surface area contributed by atoms with Gasteiger partial charge in [0, 0.05) is 0 Å². The van der Waals surface area contributed by atoms with E-state index < -0.39 is 5.69 Å². The average Bonchev–Trinajstić information content (AvgIpc) is 2.28. The molecule has 0 aliphatic carbocycles. The van der Waals surface area contributed by atoms with Gasteiger partial charge < -0.3 is 4.74 Å². The Morgan fingerprint density at radius 3 is 2.25 bits per heavy atom. The van der Waals surface area contributed by atoms with Crippen molar-refractivity contribution in [2.75, 3.05) is 0 Å². The summed E-state index contributed by atoms with van der Waals surface area (Å²) >= 11 is 5.68. The molecule has 0 aliphatic rings. The topological polar surface area (TPSA) is 55.0 Å². The number of aromatic nitrogens is 2. The summed E-state index contributed by atoms with van der Waals surface area (Å²) in [6, 6.07) is 0. The summed E-state index contributed by atoms with van der Waals surface area (Å²) in [6.07, 6.45) is 1.23. The molecule has 0 amide bonds. The molecule has 16 heavy (non-hydrogen) atoms. The molecular weight excluding hydrogens is 228 g/mol. The predicted octanol–water partition coefficient (Wildman–Crippen LogP) is 3.26. The summed E-state index contributed by atoms with van der Waals surface area (Å²) in [6.45, 7) is 11.7. The van der Waals surface area contributed by atoms with Crippen molar-refractivity contribution >= 4 is 11.6 Å². The Bertz CT molecular complexity index is 324. The lowest BCUT2D eigenvalue weighted by atomic mass is 10.5. The minimum Gasteiger partial charge on any atom is -0.475 e. The van der Waals surface area contributed by atoms with Crippen molar-refractivity contribution in [2.45, 2.75) is 47.6 Å². The molecule has 0 bridgehead atoms. The Hall–Kier alpha value is -1.03.